The van der Waals surface area contributed by atoms with Crippen LogP contribution < -0.4 is 5.32 Å². The molecule has 3 heteroatoms. The van der Waals surface area contributed by atoms with E-state index in [2.05, 4.69) is 18.8 Å². The Labute approximate surface area is 106 Å². The molecule has 3 nitrogen and oxygen atoms in total. The highest BCUT2D eigenvalue weighted by molar-refractivity contribution is 4.97. The zero-order valence-electron chi connectivity index (χ0n) is 11.3. The summed E-state index contributed by atoms with van der Waals surface area (Å²) in [5.41, 5.74) is 1.14. The molecule has 1 saturated carbocycles. The average molecular weight is 241 g/mol. The molecule has 2 atom stereocenters. The van der Waals surface area contributed by atoms with E-state index in [9.17, 15) is 0 Å². The number of hydrogen-bond acceptors (Lipinski definition) is 3. The molecular weight excluding hydrogens is 214 g/mol. The van der Waals surface area contributed by atoms with Crippen LogP contribution in [-0.4, -0.2) is 39.0 Å². The molecule has 0 aromatic carbocycles. The number of methoxy groups -OCH3 is 1. The van der Waals surface area contributed by atoms with Gasteiger partial charge in [-0.3, -0.25) is 0 Å². The molecule has 0 aliphatic heterocycles. The minimum atomic E-state index is 0.358. The smallest absolute Gasteiger partial charge is 0.0690 e. The Morgan fingerprint density at radius 3 is 2.82 bits per heavy atom. The van der Waals surface area contributed by atoms with Crippen molar-refractivity contribution in [3.8, 4) is 0 Å². The minimum absolute atomic E-state index is 0.358. The summed E-state index contributed by atoms with van der Waals surface area (Å²) in [7, 11) is 1.79. The molecule has 0 bridgehead atoms. The zero-order valence-corrected chi connectivity index (χ0v) is 11.3. The zero-order chi connectivity index (χ0) is 12.5. The van der Waals surface area contributed by atoms with Gasteiger partial charge in [0.25, 0.3) is 0 Å². The largest absolute Gasteiger partial charge is 0.381 e. The summed E-state index contributed by atoms with van der Waals surface area (Å²) in [5.74, 6) is 0. The first-order valence-corrected chi connectivity index (χ1v) is 6.78. The van der Waals surface area contributed by atoms with Crippen molar-refractivity contribution in [3.63, 3.8) is 0 Å². The fraction of sp³-hybridized carbons (Fsp3) is 0.857. The van der Waals surface area contributed by atoms with Gasteiger partial charge in [0.2, 0.25) is 0 Å². The van der Waals surface area contributed by atoms with Gasteiger partial charge >= 0.3 is 0 Å². The summed E-state index contributed by atoms with van der Waals surface area (Å²) in [6.45, 7) is 8.79. The van der Waals surface area contributed by atoms with Crippen molar-refractivity contribution in [1.29, 1.82) is 0 Å². The topological polar surface area (TPSA) is 30.5 Å². The molecule has 0 aromatic heterocycles. The molecule has 1 rings (SSSR count). The Morgan fingerprint density at radius 1 is 1.35 bits per heavy atom. The van der Waals surface area contributed by atoms with Crippen molar-refractivity contribution < 1.29 is 9.47 Å². The third-order valence-corrected chi connectivity index (χ3v) is 3.24. The van der Waals surface area contributed by atoms with Crippen LogP contribution in [0.2, 0.25) is 0 Å². The Morgan fingerprint density at radius 2 is 2.12 bits per heavy atom. The molecule has 17 heavy (non-hydrogen) atoms. The van der Waals surface area contributed by atoms with Gasteiger partial charge < -0.3 is 14.8 Å². The lowest BCUT2D eigenvalue weighted by Crippen LogP contribution is -2.29. The van der Waals surface area contributed by atoms with Crippen LogP contribution in [-0.2, 0) is 9.47 Å². The first-order valence-electron chi connectivity index (χ1n) is 6.78. The molecule has 0 radical (unpaired) electrons. The van der Waals surface area contributed by atoms with Crippen molar-refractivity contribution in [2.45, 2.75) is 51.2 Å². The molecular formula is C14H27NO2. The maximum atomic E-state index is 5.89. The van der Waals surface area contributed by atoms with Crippen LogP contribution in [0.1, 0.15) is 39.0 Å². The van der Waals surface area contributed by atoms with Crippen molar-refractivity contribution in [2.24, 2.45) is 0 Å². The standard InChI is InChI=1S/C14H27NO2/c1-4-8-15-10-12(2)11-17-14-7-5-6-13(9-14)16-3/h13-15H,2,4-11H2,1,3H3. The lowest BCUT2D eigenvalue weighted by atomic mass is 9.95. The van der Waals surface area contributed by atoms with Crippen LogP contribution in [0.15, 0.2) is 12.2 Å². The number of ether oxygens (including phenoxy) is 2. The van der Waals surface area contributed by atoms with E-state index in [0.717, 1.165) is 37.9 Å². The Balaban J connectivity index is 2.10. The van der Waals surface area contributed by atoms with Crippen LogP contribution in [0.25, 0.3) is 0 Å². The van der Waals surface area contributed by atoms with Gasteiger partial charge in [-0.2, -0.15) is 0 Å². The predicted molar refractivity (Wildman–Crippen MR) is 71.3 cm³/mol. The molecule has 0 aromatic rings. The monoisotopic (exact) mass is 241 g/mol. The summed E-state index contributed by atoms with van der Waals surface area (Å²) in [6.07, 6.45) is 6.49. The summed E-state index contributed by atoms with van der Waals surface area (Å²) >= 11 is 0. The molecule has 100 valence electrons. The van der Waals surface area contributed by atoms with E-state index in [1.54, 1.807) is 7.11 Å². The molecule has 0 amide bonds. The lowest BCUT2D eigenvalue weighted by Gasteiger charge is -2.28. The van der Waals surface area contributed by atoms with Crippen LogP contribution in [0.5, 0.6) is 0 Å². The van der Waals surface area contributed by atoms with E-state index in [4.69, 9.17) is 9.47 Å². The number of hydrogen-bond donors (Lipinski definition) is 1. The lowest BCUT2D eigenvalue weighted by molar-refractivity contribution is -0.0224. The normalized spacial score (nSPS) is 24.8. The van der Waals surface area contributed by atoms with E-state index < -0.39 is 0 Å². The van der Waals surface area contributed by atoms with Gasteiger partial charge in [-0.05, 0) is 44.2 Å². The second-order valence-corrected chi connectivity index (χ2v) is 4.88. The van der Waals surface area contributed by atoms with Gasteiger partial charge in [0, 0.05) is 13.7 Å². The van der Waals surface area contributed by atoms with Crippen molar-refractivity contribution >= 4 is 0 Å². The fourth-order valence-electron chi connectivity index (χ4n) is 2.20. The predicted octanol–water partition coefficient (Wildman–Crippen LogP) is 2.52. The van der Waals surface area contributed by atoms with Crippen LogP contribution in [0.4, 0.5) is 0 Å². The summed E-state index contributed by atoms with van der Waals surface area (Å²) in [4.78, 5) is 0. The maximum absolute atomic E-state index is 5.89. The SMILES string of the molecule is C=C(CNCCC)COC1CCCC(OC)C1. The summed E-state index contributed by atoms with van der Waals surface area (Å²) < 4.78 is 11.3. The van der Waals surface area contributed by atoms with Gasteiger partial charge in [0.1, 0.15) is 0 Å². The van der Waals surface area contributed by atoms with Crippen LogP contribution in [0, 0.1) is 0 Å². The molecule has 1 aliphatic rings. The van der Waals surface area contributed by atoms with Crippen LogP contribution >= 0.6 is 0 Å². The molecule has 1 fully saturated rings. The molecule has 1 N–H and O–H groups in total. The average Bonchev–Trinajstić information content (AvgIpc) is 2.37. The van der Waals surface area contributed by atoms with Crippen molar-refractivity contribution in [3.05, 3.63) is 12.2 Å². The molecule has 0 spiro atoms. The Bertz CT molecular complexity index is 218. The third kappa shape index (κ3) is 6.20. The molecule has 0 heterocycles. The highest BCUT2D eigenvalue weighted by Gasteiger charge is 2.22. The number of nitrogens with one attached hydrogen (secondary N) is 1. The van der Waals surface area contributed by atoms with E-state index in [1.807, 2.05) is 0 Å². The van der Waals surface area contributed by atoms with E-state index in [-0.39, 0.29) is 0 Å². The fourth-order valence-corrected chi connectivity index (χ4v) is 2.20. The van der Waals surface area contributed by atoms with Gasteiger partial charge in [0.15, 0.2) is 0 Å². The first-order chi connectivity index (χ1) is 8.26. The second-order valence-electron chi connectivity index (χ2n) is 4.88. The van der Waals surface area contributed by atoms with E-state index >= 15 is 0 Å². The van der Waals surface area contributed by atoms with Gasteiger partial charge in [-0.1, -0.05) is 13.5 Å². The first kappa shape index (κ1) is 14.7. The van der Waals surface area contributed by atoms with Crippen molar-refractivity contribution in [1.82, 2.24) is 5.32 Å². The Hall–Kier alpha value is -0.380. The number of rotatable bonds is 8. The molecule has 2 unspecified atom stereocenters. The van der Waals surface area contributed by atoms with Crippen LogP contribution in [0.3, 0.4) is 0 Å². The Kier molecular flexibility index (Phi) is 7.49. The second kappa shape index (κ2) is 8.67. The maximum Gasteiger partial charge on any atom is 0.0690 e. The summed E-state index contributed by atoms with van der Waals surface area (Å²) in [5, 5.41) is 3.34. The molecule has 1 aliphatic carbocycles. The van der Waals surface area contributed by atoms with E-state index in [1.165, 1.54) is 12.8 Å². The van der Waals surface area contributed by atoms with Crippen molar-refractivity contribution in [2.75, 3.05) is 26.8 Å². The third-order valence-electron chi connectivity index (χ3n) is 3.24. The quantitative estimate of drug-likeness (QED) is 0.523. The van der Waals surface area contributed by atoms with Gasteiger partial charge in [-0.15, -0.1) is 0 Å². The van der Waals surface area contributed by atoms with Gasteiger partial charge in [0.05, 0.1) is 18.8 Å². The summed E-state index contributed by atoms with van der Waals surface area (Å²) in [6, 6.07) is 0. The van der Waals surface area contributed by atoms with E-state index in [0.29, 0.717) is 18.8 Å². The highest BCUT2D eigenvalue weighted by atomic mass is 16.5. The minimum Gasteiger partial charge on any atom is -0.381 e. The molecule has 0 saturated heterocycles. The highest BCUT2D eigenvalue weighted by Crippen LogP contribution is 2.23. The van der Waals surface area contributed by atoms with Gasteiger partial charge in [-0.25, -0.2) is 0 Å².